The van der Waals surface area contributed by atoms with Crippen molar-refractivity contribution in [1.82, 2.24) is 10.2 Å². The summed E-state index contributed by atoms with van der Waals surface area (Å²) in [4.78, 5) is 13.7. The van der Waals surface area contributed by atoms with Gasteiger partial charge in [0.1, 0.15) is 0 Å². The van der Waals surface area contributed by atoms with Crippen LogP contribution in [0.15, 0.2) is 24.3 Å². The molecule has 1 saturated carbocycles. The molecule has 0 unspecified atom stereocenters. The monoisotopic (exact) mass is 287 g/mol. The van der Waals surface area contributed by atoms with Crippen LogP contribution in [0.4, 0.5) is 5.69 Å². The average Bonchev–Trinajstić information content (AvgIpc) is 2.44. The molecular formula is C17H25N3O. The minimum absolute atomic E-state index is 0.0135. The average molecular weight is 287 g/mol. The van der Waals surface area contributed by atoms with Crippen LogP contribution in [0.1, 0.15) is 37.8 Å². The van der Waals surface area contributed by atoms with Gasteiger partial charge >= 0.3 is 0 Å². The van der Waals surface area contributed by atoms with Crippen LogP contribution in [0.25, 0.3) is 0 Å². The van der Waals surface area contributed by atoms with Gasteiger partial charge < -0.3 is 10.6 Å². The van der Waals surface area contributed by atoms with Crippen molar-refractivity contribution < 1.29 is 4.79 Å². The number of anilines is 1. The lowest BCUT2D eigenvalue weighted by Crippen LogP contribution is -2.47. The summed E-state index contributed by atoms with van der Waals surface area (Å²) in [6, 6.07) is 8.99. The van der Waals surface area contributed by atoms with E-state index in [1.807, 2.05) is 12.1 Å². The third kappa shape index (κ3) is 3.44. The fourth-order valence-electron chi connectivity index (χ4n) is 3.46. The van der Waals surface area contributed by atoms with Crippen molar-refractivity contribution in [2.24, 2.45) is 5.92 Å². The maximum absolute atomic E-state index is 11.1. The first-order chi connectivity index (χ1) is 10.2. The Kier molecular flexibility index (Phi) is 4.56. The van der Waals surface area contributed by atoms with Crippen molar-refractivity contribution >= 4 is 11.6 Å². The van der Waals surface area contributed by atoms with E-state index in [4.69, 9.17) is 0 Å². The standard InChI is InChI=1S/C17H25N3O/c1-13(21)19-16-7-5-15(6-8-16)17(14-3-2-4-14)20-11-9-18-10-12-20/h5-8,14,17-18H,2-4,9-12H2,1H3,(H,19,21)/t17-/m1/s1. The van der Waals surface area contributed by atoms with E-state index in [9.17, 15) is 4.79 Å². The molecule has 1 aliphatic carbocycles. The van der Waals surface area contributed by atoms with Crippen molar-refractivity contribution in [3.63, 3.8) is 0 Å². The van der Waals surface area contributed by atoms with Gasteiger partial charge in [-0.25, -0.2) is 0 Å². The summed E-state index contributed by atoms with van der Waals surface area (Å²) in [7, 11) is 0. The number of carbonyl (C=O) groups excluding carboxylic acids is 1. The smallest absolute Gasteiger partial charge is 0.221 e. The molecule has 114 valence electrons. The van der Waals surface area contributed by atoms with E-state index >= 15 is 0 Å². The van der Waals surface area contributed by atoms with E-state index in [1.54, 1.807) is 6.92 Å². The fourth-order valence-corrected chi connectivity index (χ4v) is 3.46. The minimum Gasteiger partial charge on any atom is -0.326 e. The van der Waals surface area contributed by atoms with Gasteiger partial charge in [0, 0.05) is 44.8 Å². The quantitative estimate of drug-likeness (QED) is 0.894. The zero-order chi connectivity index (χ0) is 14.7. The summed E-state index contributed by atoms with van der Waals surface area (Å²) in [6.07, 6.45) is 4.07. The molecule has 4 nitrogen and oxygen atoms in total. The van der Waals surface area contributed by atoms with Crippen molar-refractivity contribution in [3.05, 3.63) is 29.8 Å². The number of hydrogen-bond donors (Lipinski definition) is 2. The summed E-state index contributed by atoms with van der Waals surface area (Å²) in [5.74, 6) is 0.787. The van der Waals surface area contributed by atoms with Gasteiger partial charge in [-0.3, -0.25) is 9.69 Å². The van der Waals surface area contributed by atoms with E-state index in [0.29, 0.717) is 6.04 Å². The molecule has 0 aromatic heterocycles. The van der Waals surface area contributed by atoms with Gasteiger partial charge in [-0.1, -0.05) is 18.6 Å². The van der Waals surface area contributed by atoms with Crippen LogP contribution >= 0.6 is 0 Å². The SMILES string of the molecule is CC(=O)Nc1ccc([C@@H](C2CCC2)N2CCNCC2)cc1. The van der Waals surface area contributed by atoms with Crippen molar-refractivity contribution in [1.29, 1.82) is 0 Å². The first kappa shape index (κ1) is 14.5. The lowest BCUT2D eigenvalue weighted by Gasteiger charge is -2.43. The molecule has 0 spiro atoms. The van der Waals surface area contributed by atoms with E-state index in [0.717, 1.165) is 37.8 Å². The second-order valence-corrected chi connectivity index (χ2v) is 6.22. The Bertz CT molecular complexity index is 475. The third-order valence-corrected chi connectivity index (χ3v) is 4.71. The summed E-state index contributed by atoms with van der Waals surface area (Å²) >= 11 is 0. The molecule has 1 aromatic rings. The molecule has 1 aromatic carbocycles. The van der Waals surface area contributed by atoms with Gasteiger partial charge in [0.15, 0.2) is 0 Å². The molecule has 4 heteroatoms. The Labute approximate surface area is 126 Å². The molecule has 0 bridgehead atoms. The summed E-state index contributed by atoms with van der Waals surface area (Å²) < 4.78 is 0. The highest BCUT2D eigenvalue weighted by atomic mass is 16.1. The molecule has 21 heavy (non-hydrogen) atoms. The van der Waals surface area contributed by atoms with E-state index in [1.165, 1.54) is 24.8 Å². The molecule has 1 aliphatic heterocycles. The Morgan fingerprint density at radius 3 is 2.43 bits per heavy atom. The number of benzene rings is 1. The second-order valence-electron chi connectivity index (χ2n) is 6.22. The summed E-state index contributed by atoms with van der Waals surface area (Å²) in [5.41, 5.74) is 2.29. The van der Waals surface area contributed by atoms with Crippen molar-refractivity contribution in [3.8, 4) is 0 Å². The third-order valence-electron chi connectivity index (χ3n) is 4.71. The highest BCUT2D eigenvalue weighted by Crippen LogP contribution is 2.41. The molecule has 1 heterocycles. The van der Waals surface area contributed by atoms with Crippen LogP contribution in [0.3, 0.4) is 0 Å². The lowest BCUT2D eigenvalue weighted by molar-refractivity contribution is -0.114. The van der Waals surface area contributed by atoms with Crippen LogP contribution in [0.2, 0.25) is 0 Å². The highest BCUT2D eigenvalue weighted by Gasteiger charge is 2.33. The molecule has 2 N–H and O–H groups in total. The molecule has 1 atom stereocenters. The first-order valence-corrected chi connectivity index (χ1v) is 8.06. The predicted octanol–water partition coefficient (Wildman–Crippen LogP) is 2.39. The predicted molar refractivity (Wildman–Crippen MR) is 85.3 cm³/mol. The van der Waals surface area contributed by atoms with Gasteiger partial charge in [-0.05, 0) is 36.5 Å². The number of rotatable bonds is 4. The Morgan fingerprint density at radius 1 is 1.24 bits per heavy atom. The van der Waals surface area contributed by atoms with Crippen LogP contribution in [-0.2, 0) is 4.79 Å². The summed E-state index contributed by atoms with van der Waals surface area (Å²) in [6.45, 7) is 6.00. The molecule has 1 amide bonds. The van der Waals surface area contributed by atoms with Crippen molar-refractivity contribution in [2.45, 2.75) is 32.2 Å². The number of amides is 1. The van der Waals surface area contributed by atoms with Gasteiger partial charge in [0.2, 0.25) is 5.91 Å². The molecule has 2 aliphatic rings. The van der Waals surface area contributed by atoms with Gasteiger partial charge in [0.25, 0.3) is 0 Å². The number of nitrogens with zero attached hydrogens (tertiary/aromatic N) is 1. The largest absolute Gasteiger partial charge is 0.326 e. The summed E-state index contributed by atoms with van der Waals surface area (Å²) in [5, 5.41) is 6.28. The zero-order valence-corrected chi connectivity index (χ0v) is 12.8. The molecule has 3 rings (SSSR count). The lowest BCUT2D eigenvalue weighted by atomic mass is 9.76. The van der Waals surface area contributed by atoms with Crippen molar-refractivity contribution in [2.75, 3.05) is 31.5 Å². The normalized spacial score (nSPS) is 21.6. The van der Waals surface area contributed by atoms with E-state index < -0.39 is 0 Å². The van der Waals surface area contributed by atoms with E-state index in [2.05, 4.69) is 27.7 Å². The highest BCUT2D eigenvalue weighted by molar-refractivity contribution is 5.88. The van der Waals surface area contributed by atoms with Gasteiger partial charge in [-0.2, -0.15) is 0 Å². The van der Waals surface area contributed by atoms with Crippen LogP contribution < -0.4 is 10.6 Å². The molecular weight excluding hydrogens is 262 g/mol. The Hall–Kier alpha value is -1.39. The van der Waals surface area contributed by atoms with E-state index in [-0.39, 0.29) is 5.91 Å². The minimum atomic E-state index is -0.0135. The van der Waals surface area contributed by atoms with Gasteiger partial charge in [0.05, 0.1) is 0 Å². The first-order valence-electron chi connectivity index (χ1n) is 8.06. The Balaban J connectivity index is 1.76. The number of nitrogens with one attached hydrogen (secondary N) is 2. The fraction of sp³-hybridized carbons (Fsp3) is 0.588. The zero-order valence-electron chi connectivity index (χ0n) is 12.8. The molecule has 1 saturated heterocycles. The molecule has 2 fully saturated rings. The van der Waals surface area contributed by atoms with Gasteiger partial charge in [-0.15, -0.1) is 0 Å². The Morgan fingerprint density at radius 2 is 1.90 bits per heavy atom. The topological polar surface area (TPSA) is 44.4 Å². The number of hydrogen-bond acceptors (Lipinski definition) is 3. The number of piperazine rings is 1. The second kappa shape index (κ2) is 6.58. The van der Waals surface area contributed by atoms with Crippen LogP contribution in [0, 0.1) is 5.92 Å². The number of carbonyl (C=O) groups is 1. The molecule has 0 radical (unpaired) electrons. The maximum Gasteiger partial charge on any atom is 0.221 e. The van der Waals surface area contributed by atoms with Crippen LogP contribution in [0.5, 0.6) is 0 Å². The maximum atomic E-state index is 11.1. The van der Waals surface area contributed by atoms with Crippen LogP contribution in [-0.4, -0.2) is 37.0 Å².